The molecule has 1 aliphatic carbocycles. The van der Waals surface area contributed by atoms with Crippen molar-refractivity contribution in [1.29, 1.82) is 0 Å². The van der Waals surface area contributed by atoms with Crippen LogP contribution in [-0.4, -0.2) is 59.8 Å². The average Bonchev–Trinajstić information content (AvgIpc) is 2.42. The first-order chi connectivity index (χ1) is 9.01. The summed E-state index contributed by atoms with van der Waals surface area (Å²) in [6.07, 6.45) is 3.48. The Morgan fingerprint density at radius 3 is 2.53 bits per heavy atom. The number of hydrogen-bond acceptors (Lipinski definition) is 4. The van der Waals surface area contributed by atoms with Gasteiger partial charge in [-0.2, -0.15) is 0 Å². The second kappa shape index (κ2) is 6.20. The van der Waals surface area contributed by atoms with E-state index in [0.29, 0.717) is 0 Å². The summed E-state index contributed by atoms with van der Waals surface area (Å²) in [4.78, 5) is 14.7. The first kappa shape index (κ1) is 14.8. The summed E-state index contributed by atoms with van der Waals surface area (Å²) >= 11 is 0. The van der Waals surface area contributed by atoms with Crippen molar-refractivity contribution in [2.45, 2.75) is 57.2 Å². The van der Waals surface area contributed by atoms with Crippen molar-refractivity contribution < 1.29 is 9.90 Å². The lowest BCUT2D eigenvalue weighted by Crippen LogP contribution is -2.62. The fraction of sp³-hybridized carbons (Fsp3) is 0.929. The standard InChI is InChI=1S/C14H27N3O2/c1-14(2,17-9-7-15-8-10-17)13(19)16-11-5-3-4-6-12(11)18/h11-12,15,18H,3-10H2,1-2H3,(H,16,19). The third-order valence-electron chi connectivity index (χ3n) is 4.51. The monoisotopic (exact) mass is 269 g/mol. The van der Waals surface area contributed by atoms with E-state index in [2.05, 4.69) is 15.5 Å². The third-order valence-corrected chi connectivity index (χ3v) is 4.51. The molecular weight excluding hydrogens is 242 g/mol. The molecule has 0 aromatic heterocycles. The van der Waals surface area contributed by atoms with Crippen LogP contribution in [-0.2, 0) is 4.79 Å². The Morgan fingerprint density at radius 1 is 1.26 bits per heavy atom. The molecule has 3 N–H and O–H groups in total. The molecule has 0 spiro atoms. The first-order valence-electron chi connectivity index (χ1n) is 7.46. The molecule has 2 aliphatic rings. The molecule has 0 aromatic carbocycles. The van der Waals surface area contributed by atoms with E-state index in [4.69, 9.17) is 0 Å². The molecule has 110 valence electrons. The zero-order valence-electron chi connectivity index (χ0n) is 12.1. The summed E-state index contributed by atoms with van der Waals surface area (Å²) < 4.78 is 0. The van der Waals surface area contributed by atoms with Crippen LogP contribution in [0.25, 0.3) is 0 Å². The van der Waals surface area contributed by atoms with E-state index in [-0.39, 0.29) is 18.1 Å². The van der Waals surface area contributed by atoms with Crippen LogP contribution in [0.3, 0.4) is 0 Å². The molecule has 2 fully saturated rings. The van der Waals surface area contributed by atoms with E-state index >= 15 is 0 Å². The minimum Gasteiger partial charge on any atom is -0.391 e. The predicted molar refractivity (Wildman–Crippen MR) is 74.9 cm³/mol. The van der Waals surface area contributed by atoms with Crippen LogP contribution >= 0.6 is 0 Å². The van der Waals surface area contributed by atoms with Gasteiger partial charge in [-0.1, -0.05) is 12.8 Å². The number of hydrogen-bond donors (Lipinski definition) is 3. The Hall–Kier alpha value is -0.650. The van der Waals surface area contributed by atoms with Gasteiger partial charge in [0.25, 0.3) is 0 Å². The van der Waals surface area contributed by atoms with Crippen LogP contribution < -0.4 is 10.6 Å². The van der Waals surface area contributed by atoms with Crippen molar-refractivity contribution in [3.8, 4) is 0 Å². The molecule has 1 aliphatic heterocycles. The Balaban J connectivity index is 1.93. The molecule has 19 heavy (non-hydrogen) atoms. The zero-order valence-corrected chi connectivity index (χ0v) is 12.1. The van der Waals surface area contributed by atoms with Gasteiger partial charge in [0.05, 0.1) is 17.7 Å². The number of nitrogens with zero attached hydrogens (tertiary/aromatic N) is 1. The molecule has 1 saturated carbocycles. The van der Waals surface area contributed by atoms with Crippen LogP contribution in [0.4, 0.5) is 0 Å². The van der Waals surface area contributed by atoms with Gasteiger partial charge >= 0.3 is 0 Å². The number of carbonyl (C=O) groups is 1. The van der Waals surface area contributed by atoms with E-state index in [9.17, 15) is 9.90 Å². The highest BCUT2D eigenvalue weighted by Crippen LogP contribution is 2.21. The number of carbonyl (C=O) groups excluding carboxylic acids is 1. The molecular formula is C14H27N3O2. The molecule has 5 heteroatoms. The highest BCUT2D eigenvalue weighted by Gasteiger charge is 2.37. The second-order valence-electron chi connectivity index (χ2n) is 6.23. The molecule has 2 unspecified atom stereocenters. The van der Waals surface area contributed by atoms with Crippen molar-refractivity contribution in [2.24, 2.45) is 0 Å². The maximum Gasteiger partial charge on any atom is 0.240 e. The Bertz CT molecular complexity index is 314. The largest absolute Gasteiger partial charge is 0.391 e. The molecule has 1 saturated heterocycles. The van der Waals surface area contributed by atoms with Crippen molar-refractivity contribution in [2.75, 3.05) is 26.2 Å². The van der Waals surface area contributed by atoms with Gasteiger partial charge in [0.15, 0.2) is 0 Å². The summed E-state index contributed by atoms with van der Waals surface area (Å²) in [5, 5.41) is 16.3. The predicted octanol–water partition coefficient (Wildman–Crippen LogP) is 0.0899. The summed E-state index contributed by atoms with van der Waals surface area (Å²) in [5.74, 6) is 0.0420. The molecule has 0 bridgehead atoms. The smallest absolute Gasteiger partial charge is 0.240 e. The number of aliphatic hydroxyl groups excluding tert-OH is 1. The van der Waals surface area contributed by atoms with Crippen LogP contribution in [0.5, 0.6) is 0 Å². The van der Waals surface area contributed by atoms with Crippen LogP contribution in [0.15, 0.2) is 0 Å². The normalized spacial score (nSPS) is 30.1. The summed E-state index contributed by atoms with van der Waals surface area (Å²) in [6, 6.07) is -0.0663. The quantitative estimate of drug-likeness (QED) is 0.679. The molecule has 0 radical (unpaired) electrons. The third kappa shape index (κ3) is 3.46. The number of piperazine rings is 1. The van der Waals surface area contributed by atoms with Gasteiger partial charge in [-0.05, 0) is 26.7 Å². The van der Waals surface area contributed by atoms with Gasteiger partial charge in [0, 0.05) is 26.2 Å². The maximum absolute atomic E-state index is 12.5. The van der Waals surface area contributed by atoms with E-state index in [1.807, 2.05) is 13.8 Å². The van der Waals surface area contributed by atoms with Crippen LogP contribution in [0.2, 0.25) is 0 Å². The second-order valence-corrected chi connectivity index (χ2v) is 6.23. The number of nitrogens with one attached hydrogen (secondary N) is 2. The Labute approximate surface area is 115 Å². The van der Waals surface area contributed by atoms with E-state index in [0.717, 1.165) is 51.9 Å². The lowest BCUT2D eigenvalue weighted by Gasteiger charge is -2.41. The SMILES string of the molecule is CC(C)(C(=O)NC1CCCCC1O)N1CCNCC1. The first-order valence-corrected chi connectivity index (χ1v) is 7.46. The number of amides is 1. The van der Waals surface area contributed by atoms with Gasteiger partial charge in [0.1, 0.15) is 0 Å². The Kier molecular flexibility index (Phi) is 4.81. The van der Waals surface area contributed by atoms with E-state index in [1.54, 1.807) is 0 Å². The molecule has 1 amide bonds. The molecule has 0 aromatic rings. The highest BCUT2D eigenvalue weighted by molar-refractivity contribution is 5.85. The lowest BCUT2D eigenvalue weighted by molar-refractivity contribution is -0.134. The van der Waals surface area contributed by atoms with Gasteiger partial charge in [-0.25, -0.2) is 0 Å². The van der Waals surface area contributed by atoms with Gasteiger partial charge in [-0.3, -0.25) is 9.69 Å². The van der Waals surface area contributed by atoms with Crippen molar-refractivity contribution in [1.82, 2.24) is 15.5 Å². The summed E-state index contributed by atoms with van der Waals surface area (Å²) in [7, 11) is 0. The summed E-state index contributed by atoms with van der Waals surface area (Å²) in [5.41, 5.74) is -0.501. The van der Waals surface area contributed by atoms with Crippen molar-refractivity contribution >= 4 is 5.91 Å². The molecule has 2 rings (SSSR count). The van der Waals surface area contributed by atoms with Gasteiger partial charge in [0.2, 0.25) is 5.91 Å². The van der Waals surface area contributed by atoms with Crippen molar-refractivity contribution in [3.05, 3.63) is 0 Å². The number of aliphatic hydroxyl groups is 1. The highest BCUT2D eigenvalue weighted by atomic mass is 16.3. The maximum atomic E-state index is 12.5. The average molecular weight is 269 g/mol. The summed E-state index contributed by atoms with van der Waals surface area (Å²) in [6.45, 7) is 7.61. The molecule has 1 heterocycles. The van der Waals surface area contributed by atoms with E-state index < -0.39 is 5.54 Å². The van der Waals surface area contributed by atoms with E-state index in [1.165, 1.54) is 0 Å². The topological polar surface area (TPSA) is 64.6 Å². The zero-order chi connectivity index (χ0) is 13.9. The fourth-order valence-corrected chi connectivity index (χ4v) is 2.99. The molecule has 5 nitrogen and oxygen atoms in total. The fourth-order valence-electron chi connectivity index (χ4n) is 2.99. The lowest BCUT2D eigenvalue weighted by atomic mass is 9.91. The number of rotatable bonds is 3. The minimum atomic E-state index is -0.501. The van der Waals surface area contributed by atoms with Gasteiger partial charge in [-0.15, -0.1) is 0 Å². The molecule has 2 atom stereocenters. The minimum absolute atomic E-state index is 0.0420. The van der Waals surface area contributed by atoms with Crippen molar-refractivity contribution in [3.63, 3.8) is 0 Å². The van der Waals surface area contributed by atoms with Crippen LogP contribution in [0, 0.1) is 0 Å². The van der Waals surface area contributed by atoms with Gasteiger partial charge < -0.3 is 15.7 Å². The van der Waals surface area contributed by atoms with Crippen LogP contribution in [0.1, 0.15) is 39.5 Å². The Morgan fingerprint density at radius 2 is 1.89 bits per heavy atom.